The summed E-state index contributed by atoms with van der Waals surface area (Å²) in [6, 6.07) is 5.91. The molecule has 0 bridgehead atoms. The molecule has 0 radical (unpaired) electrons. The van der Waals surface area contributed by atoms with E-state index in [1.165, 1.54) is 28.4 Å². The molecule has 2 rings (SSSR count). The monoisotopic (exact) mass is 429 g/mol. The minimum atomic E-state index is -4.67. The SMILES string of the molecule is CN=C(NCc1ccc(F)cc1C(F)(F)F)NCc1c(OC)cc(OC)cc1OC. The summed E-state index contributed by atoms with van der Waals surface area (Å²) in [5, 5.41) is 5.79. The maximum atomic E-state index is 13.3. The van der Waals surface area contributed by atoms with Crippen molar-refractivity contribution in [2.24, 2.45) is 4.99 Å². The van der Waals surface area contributed by atoms with Crippen LogP contribution in [0, 0.1) is 5.82 Å². The molecule has 2 N–H and O–H groups in total. The number of nitrogens with zero attached hydrogens (tertiary/aromatic N) is 1. The van der Waals surface area contributed by atoms with E-state index in [9.17, 15) is 17.6 Å². The van der Waals surface area contributed by atoms with Gasteiger partial charge in [0.1, 0.15) is 23.1 Å². The lowest BCUT2D eigenvalue weighted by atomic mass is 10.1. The highest BCUT2D eigenvalue weighted by Crippen LogP contribution is 2.34. The van der Waals surface area contributed by atoms with E-state index in [2.05, 4.69) is 15.6 Å². The highest BCUT2D eigenvalue weighted by atomic mass is 19.4. The molecular formula is C20H23F4N3O3. The van der Waals surface area contributed by atoms with E-state index in [1.807, 2.05) is 0 Å². The Labute approximate surface area is 171 Å². The van der Waals surface area contributed by atoms with Gasteiger partial charge < -0.3 is 24.8 Å². The fourth-order valence-corrected chi connectivity index (χ4v) is 2.79. The summed E-state index contributed by atoms with van der Waals surface area (Å²) in [6.45, 7) is 0.0111. The lowest BCUT2D eigenvalue weighted by Gasteiger charge is -2.18. The highest BCUT2D eigenvalue weighted by Gasteiger charge is 2.33. The summed E-state index contributed by atoms with van der Waals surface area (Å²) < 4.78 is 68.7. The molecule has 0 saturated carbocycles. The van der Waals surface area contributed by atoms with Crippen LogP contribution in [0.1, 0.15) is 16.7 Å². The van der Waals surface area contributed by atoms with Crippen LogP contribution in [0.5, 0.6) is 17.2 Å². The summed E-state index contributed by atoms with van der Waals surface area (Å²) >= 11 is 0. The highest BCUT2D eigenvalue weighted by molar-refractivity contribution is 5.79. The summed E-state index contributed by atoms with van der Waals surface area (Å²) in [5.74, 6) is 0.852. The molecule has 0 aromatic heterocycles. The zero-order valence-electron chi connectivity index (χ0n) is 17.0. The lowest BCUT2D eigenvalue weighted by molar-refractivity contribution is -0.138. The number of methoxy groups -OCH3 is 3. The van der Waals surface area contributed by atoms with Crippen molar-refractivity contribution < 1.29 is 31.8 Å². The Morgan fingerprint density at radius 2 is 1.53 bits per heavy atom. The van der Waals surface area contributed by atoms with Gasteiger partial charge in [0, 0.05) is 25.7 Å². The lowest BCUT2D eigenvalue weighted by Crippen LogP contribution is -2.37. The number of nitrogens with one attached hydrogen (secondary N) is 2. The predicted molar refractivity (Wildman–Crippen MR) is 105 cm³/mol. The van der Waals surface area contributed by atoms with Gasteiger partial charge in [0.05, 0.1) is 39.0 Å². The van der Waals surface area contributed by atoms with Gasteiger partial charge in [0.2, 0.25) is 0 Å². The average molecular weight is 429 g/mol. The van der Waals surface area contributed by atoms with Crippen molar-refractivity contribution in [2.75, 3.05) is 28.4 Å². The molecule has 0 amide bonds. The number of hydrogen-bond donors (Lipinski definition) is 2. The van der Waals surface area contributed by atoms with Gasteiger partial charge in [-0.3, -0.25) is 4.99 Å². The summed E-state index contributed by atoms with van der Waals surface area (Å²) in [4.78, 5) is 4.01. The molecular weight excluding hydrogens is 406 g/mol. The third kappa shape index (κ3) is 5.68. The summed E-state index contributed by atoms with van der Waals surface area (Å²) in [7, 11) is 5.99. The van der Waals surface area contributed by atoms with Gasteiger partial charge in [0.25, 0.3) is 0 Å². The van der Waals surface area contributed by atoms with Crippen LogP contribution in [0.25, 0.3) is 0 Å². The molecule has 164 valence electrons. The maximum Gasteiger partial charge on any atom is 0.416 e. The first-order valence-corrected chi connectivity index (χ1v) is 8.82. The Balaban J connectivity index is 2.14. The minimum absolute atomic E-state index is 0.105. The first-order valence-electron chi connectivity index (χ1n) is 8.82. The maximum absolute atomic E-state index is 13.3. The van der Waals surface area contributed by atoms with Crippen molar-refractivity contribution in [1.29, 1.82) is 0 Å². The average Bonchev–Trinajstić information content (AvgIpc) is 2.73. The number of halogens is 4. The van der Waals surface area contributed by atoms with Crippen LogP contribution in [-0.4, -0.2) is 34.3 Å². The van der Waals surface area contributed by atoms with Crippen molar-refractivity contribution >= 4 is 5.96 Å². The first-order chi connectivity index (χ1) is 14.2. The van der Waals surface area contributed by atoms with Crippen LogP contribution < -0.4 is 24.8 Å². The van der Waals surface area contributed by atoms with Gasteiger partial charge in [-0.2, -0.15) is 13.2 Å². The van der Waals surface area contributed by atoms with Gasteiger partial charge in [-0.25, -0.2) is 4.39 Å². The van der Waals surface area contributed by atoms with E-state index >= 15 is 0 Å². The molecule has 0 unspecified atom stereocenters. The van der Waals surface area contributed by atoms with Crippen LogP contribution in [0.3, 0.4) is 0 Å². The standard InChI is InChI=1S/C20H23F4N3O3/c1-25-19(26-10-12-5-6-13(21)7-16(12)20(22,23)24)27-11-15-17(29-3)8-14(28-2)9-18(15)30-4/h5-9H,10-11H2,1-4H3,(H2,25,26,27). The Morgan fingerprint density at radius 3 is 2.03 bits per heavy atom. The normalized spacial score (nSPS) is 11.8. The fraction of sp³-hybridized carbons (Fsp3) is 0.350. The van der Waals surface area contributed by atoms with E-state index < -0.39 is 17.6 Å². The number of aliphatic imine (C=N–C) groups is 1. The van der Waals surface area contributed by atoms with Crippen LogP contribution in [0.4, 0.5) is 17.6 Å². The first kappa shape index (κ1) is 23.1. The van der Waals surface area contributed by atoms with Crippen LogP contribution >= 0.6 is 0 Å². The zero-order valence-corrected chi connectivity index (χ0v) is 17.0. The van der Waals surface area contributed by atoms with Crippen LogP contribution in [0.2, 0.25) is 0 Å². The van der Waals surface area contributed by atoms with Crippen LogP contribution in [0.15, 0.2) is 35.3 Å². The molecule has 2 aromatic rings. The summed E-state index contributed by atoms with van der Waals surface area (Å²) in [5.41, 5.74) is -0.475. The van der Waals surface area contributed by atoms with Gasteiger partial charge in [-0.15, -0.1) is 0 Å². The summed E-state index contributed by atoms with van der Waals surface area (Å²) in [6.07, 6.45) is -4.67. The number of rotatable bonds is 7. The zero-order chi connectivity index (χ0) is 22.3. The molecule has 2 aromatic carbocycles. The third-order valence-electron chi connectivity index (χ3n) is 4.30. The van der Waals surface area contributed by atoms with Crippen molar-refractivity contribution in [2.45, 2.75) is 19.3 Å². The molecule has 0 saturated heterocycles. The van der Waals surface area contributed by atoms with Gasteiger partial charge >= 0.3 is 6.18 Å². The Bertz CT molecular complexity index is 876. The van der Waals surface area contributed by atoms with E-state index in [0.717, 1.165) is 12.1 Å². The third-order valence-corrected chi connectivity index (χ3v) is 4.30. The number of ether oxygens (including phenoxy) is 3. The van der Waals surface area contributed by atoms with Gasteiger partial charge in [-0.1, -0.05) is 6.07 Å². The Hall–Kier alpha value is -3.17. The molecule has 10 heteroatoms. The molecule has 0 aliphatic carbocycles. The van der Waals surface area contributed by atoms with E-state index in [-0.39, 0.29) is 24.6 Å². The van der Waals surface area contributed by atoms with Crippen molar-refractivity contribution in [3.63, 3.8) is 0 Å². The van der Waals surface area contributed by atoms with Crippen molar-refractivity contribution in [3.05, 3.63) is 52.8 Å². The van der Waals surface area contributed by atoms with Gasteiger partial charge in [-0.05, 0) is 17.7 Å². The molecule has 30 heavy (non-hydrogen) atoms. The fourth-order valence-electron chi connectivity index (χ4n) is 2.79. The quantitative estimate of drug-likeness (QED) is 0.399. The smallest absolute Gasteiger partial charge is 0.416 e. The molecule has 0 aliphatic heterocycles. The number of benzene rings is 2. The molecule has 0 aliphatic rings. The molecule has 6 nitrogen and oxygen atoms in total. The van der Waals surface area contributed by atoms with Crippen LogP contribution in [-0.2, 0) is 19.3 Å². The van der Waals surface area contributed by atoms with Crippen molar-refractivity contribution in [1.82, 2.24) is 10.6 Å². The molecule has 0 atom stereocenters. The second-order valence-corrected chi connectivity index (χ2v) is 6.09. The number of hydrogen-bond acceptors (Lipinski definition) is 4. The van der Waals surface area contributed by atoms with E-state index in [1.54, 1.807) is 12.1 Å². The Kier molecular flexibility index (Phi) is 7.73. The van der Waals surface area contributed by atoms with E-state index in [0.29, 0.717) is 28.9 Å². The van der Waals surface area contributed by atoms with Gasteiger partial charge in [0.15, 0.2) is 5.96 Å². The minimum Gasteiger partial charge on any atom is -0.496 e. The second kappa shape index (κ2) is 10.0. The number of alkyl halides is 3. The predicted octanol–water partition coefficient (Wildman–Crippen LogP) is 3.74. The number of guanidine groups is 1. The molecule has 0 spiro atoms. The Morgan fingerprint density at radius 1 is 0.933 bits per heavy atom. The largest absolute Gasteiger partial charge is 0.496 e. The molecule has 0 heterocycles. The molecule has 0 fully saturated rings. The second-order valence-electron chi connectivity index (χ2n) is 6.09. The van der Waals surface area contributed by atoms with Crippen molar-refractivity contribution in [3.8, 4) is 17.2 Å². The van der Waals surface area contributed by atoms with E-state index in [4.69, 9.17) is 14.2 Å². The topological polar surface area (TPSA) is 64.1 Å².